The maximum absolute atomic E-state index is 14.2. The van der Waals surface area contributed by atoms with Crippen LogP contribution in [0.1, 0.15) is 40.5 Å². The lowest BCUT2D eigenvalue weighted by molar-refractivity contribution is -0.159. The molecule has 4 aliphatic heterocycles. The van der Waals surface area contributed by atoms with Crippen molar-refractivity contribution in [1.82, 2.24) is 15.1 Å². The van der Waals surface area contributed by atoms with E-state index < -0.39 is 53.1 Å². The van der Waals surface area contributed by atoms with Gasteiger partial charge in [-0.15, -0.1) is 0 Å². The van der Waals surface area contributed by atoms with Crippen LogP contribution in [0.2, 0.25) is 0 Å². The molecule has 4 aliphatic rings. The van der Waals surface area contributed by atoms with Crippen LogP contribution in [0.4, 0.5) is 0 Å². The number of esters is 1. The van der Waals surface area contributed by atoms with E-state index in [-0.39, 0.29) is 44.5 Å². The van der Waals surface area contributed by atoms with Gasteiger partial charge in [0.05, 0.1) is 19.1 Å². The number of aliphatic hydroxyl groups is 1. The highest BCUT2D eigenvalue weighted by atomic mass is 79.9. The predicted octanol–water partition coefficient (Wildman–Crippen LogP) is 0.877. The summed E-state index contributed by atoms with van der Waals surface area (Å²) in [6.07, 6.45) is 4.79. The first-order valence-electron chi connectivity index (χ1n) is 12.3. The van der Waals surface area contributed by atoms with Crippen molar-refractivity contribution in [2.45, 2.75) is 69.9 Å². The Morgan fingerprint density at radius 2 is 1.92 bits per heavy atom. The summed E-state index contributed by atoms with van der Waals surface area (Å²) >= 11 is 3.49. The number of allylic oxidation sites excluding steroid dienone is 1. The monoisotopic (exact) mass is 567 g/mol. The van der Waals surface area contributed by atoms with E-state index in [0.717, 1.165) is 0 Å². The Hall–Kier alpha value is -2.24. The lowest BCUT2D eigenvalue weighted by Crippen LogP contribution is -2.59. The molecule has 3 amide bonds. The second kappa shape index (κ2) is 9.90. The largest absolute Gasteiger partial charge is 0.460 e. The van der Waals surface area contributed by atoms with Crippen molar-refractivity contribution in [3.8, 4) is 0 Å². The molecular weight excluding hydrogens is 534 g/mol. The fourth-order valence-electron chi connectivity index (χ4n) is 5.63. The van der Waals surface area contributed by atoms with Crippen molar-refractivity contribution >= 4 is 39.6 Å². The van der Waals surface area contributed by atoms with E-state index >= 15 is 0 Å². The van der Waals surface area contributed by atoms with Gasteiger partial charge in [0.25, 0.3) is 0 Å². The Bertz CT molecular complexity index is 1010. The van der Waals surface area contributed by atoms with Crippen molar-refractivity contribution < 1.29 is 33.8 Å². The number of ether oxygens (including phenoxy) is 2. The zero-order valence-electron chi connectivity index (χ0n) is 21.0. The van der Waals surface area contributed by atoms with E-state index in [4.69, 9.17) is 9.47 Å². The highest BCUT2D eigenvalue weighted by Gasteiger charge is 2.75. The number of likely N-dealkylation sites (tertiary alicyclic amines) is 1. The summed E-state index contributed by atoms with van der Waals surface area (Å²) in [5, 5.41) is 12.5. The smallest absolute Gasteiger partial charge is 0.313 e. The molecule has 0 saturated carbocycles. The van der Waals surface area contributed by atoms with Crippen molar-refractivity contribution in [1.29, 1.82) is 0 Å². The summed E-state index contributed by atoms with van der Waals surface area (Å²) in [5.41, 5.74) is -1.97. The third-order valence-electron chi connectivity index (χ3n) is 7.25. The van der Waals surface area contributed by atoms with Gasteiger partial charge in [-0.05, 0) is 40.2 Å². The highest BCUT2D eigenvalue weighted by Crippen LogP contribution is 2.58. The molecule has 11 heteroatoms. The number of cyclic esters (lactones) is 1. The van der Waals surface area contributed by atoms with Gasteiger partial charge < -0.3 is 29.7 Å². The number of nitrogens with zero attached hydrogens (tertiary/aromatic N) is 2. The van der Waals surface area contributed by atoms with Crippen LogP contribution < -0.4 is 5.32 Å². The molecule has 2 fully saturated rings. The van der Waals surface area contributed by atoms with E-state index in [1.165, 1.54) is 4.90 Å². The third-order valence-corrected chi connectivity index (χ3v) is 7.93. The molecule has 4 heterocycles. The molecule has 0 aliphatic carbocycles. The standard InChI is InChI=1S/C25H34BrN3O7/c1-14-13-27-16(31)8-6-5-7-9-29(24(2,3)4)22(33)20-25-12-15(26)19(36-25)17(23(34)35-14)18(25)21(32)28(20)10-11-30/h5,7,12,14,17-20,30H,6,8-11,13H2,1-4H3,(H,27,31)/b7-5-/t14-,17+,18-,19+,20+,25-/m1/s1. The Morgan fingerprint density at radius 1 is 1.19 bits per heavy atom. The van der Waals surface area contributed by atoms with Gasteiger partial charge in [0.15, 0.2) is 0 Å². The number of β-amino-alcohol motifs (C(OH)–C–C–N with tert-alkyl or cyclic N) is 1. The Labute approximate surface area is 219 Å². The first-order chi connectivity index (χ1) is 16.9. The highest BCUT2D eigenvalue weighted by molar-refractivity contribution is 9.11. The molecule has 10 nitrogen and oxygen atoms in total. The molecule has 5 bridgehead atoms. The molecule has 198 valence electrons. The fourth-order valence-corrected chi connectivity index (χ4v) is 6.37. The zero-order valence-corrected chi connectivity index (χ0v) is 22.6. The van der Waals surface area contributed by atoms with E-state index in [2.05, 4.69) is 21.2 Å². The number of hydrogen-bond donors (Lipinski definition) is 2. The molecule has 0 aromatic rings. The lowest BCUT2D eigenvalue weighted by atomic mass is 9.74. The fraction of sp³-hybridized carbons (Fsp3) is 0.680. The van der Waals surface area contributed by atoms with Gasteiger partial charge in [-0.2, -0.15) is 0 Å². The molecular formula is C25H34BrN3O7. The minimum Gasteiger partial charge on any atom is -0.460 e. The topological polar surface area (TPSA) is 125 Å². The van der Waals surface area contributed by atoms with Crippen LogP contribution >= 0.6 is 15.9 Å². The van der Waals surface area contributed by atoms with Gasteiger partial charge in [-0.3, -0.25) is 19.2 Å². The quantitative estimate of drug-likeness (QED) is 0.374. The molecule has 2 N–H and O–H groups in total. The Kier molecular flexibility index (Phi) is 7.38. The van der Waals surface area contributed by atoms with Crippen LogP contribution in [0.15, 0.2) is 22.7 Å². The van der Waals surface area contributed by atoms with E-state index in [9.17, 15) is 24.3 Å². The minimum absolute atomic E-state index is 0.0645. The lowest BCUT2D eigenvalue weighted by Gasteiger charge is -2.41. The van der Waals surface area contributed by atoms with Gasteiger partial charge in [-0.25, -0.2) is 0 Å². The van der Waals surface area contributed by atoms with Crippen LogP contribution in [0.3, 0.4) is 0 Å². The van der Waals surface area contributed by atoms with Gasteiger partial charge >= 0.3 is 5.97 Å². The number of fused-ring (bicyclic) bond motifs is 2. The number of nitrogens with one attached hydrogen (secondary N) is 1. The summed E-state index contributed by atoms with van der Waals surface area (Å²) < 4.78 is 12.6. The van der Waals surface area contributed by atoms with Gasteiger partial charge in [0, 0.05) is 29.5 Å². The normalized spacial score (nSPS) is 36.5. The minimum atomic E-state index is -1.37. The molecule has 0 aromatic carbocycles. The van der Waals surface area contributed by atoms with Gasteiger partial charge in [0.1, 0.15) is 29.8 Å². The summed E-state index contributed by atoms with van der Waals surface area (Å²) in [6.45, 7) is 7.37. The molecule has 4 rings (SSSR count). The number of aliphatic hydroxyl groups excluding tert-OH is 1. The van der Waals surface area contributed by atoms with Crippen molar-refractivity contribution in [3.05, 3.63) is 22.7 Å². The molecule has 0 radical (unpaired) electrons. The summed E-state index contributed by atoms with van der Waals surface area (Å²) in [5.74, 6) is -3.48. The Balaban J connectivity index is 1.81. The number of amides is 3. The molecule has 2 saturated heterocycles. The van der Waals surface area contributed by atoms with Crippen LogP contribution in [0.5, 0.6) is 0 Å². The van der Waals surface area contributed by atoms with Gasteiger partial charge in [-0.1, -0.05) is 28.1 Å². The molecule has 0 unspecified atom stereocenters. The maximum atomic E-state index is 14.2. The summed E-state index contributed by atoms with van der Waals surface area (Å²) in [4.78, 5) is 56.5. The van der Waals surface area contributed by atoms with Crippen LogP contribution in [-0.2, 0) is 28.7 Å². The SMILES string of the molecule is C[C@@H]1CNC(=O)CC/C=C\CN(C(C)(C)C)C(=O)[C@@H]2N(CCO)C(=O)[C@H]3[C@H](C(=O)O1)[C@H]1O[C@@]23C=C1Br. The average molecular weight is 568 g/mol. The average Bonchev–Trinajstić information content (AvgIpc) is 3.37. The van der Waals surface area contributed by atoms with Crippen LogP contribution in [-0.4, -0.2) is 94.2 Å². The van der Waals surface area contributed by atoms with Crippen LogP contribution in [0.25, 0.3) is 0 Å². The van der Waals surface area contributed by atoms with Crippen molar-refractivity contribution in [2.75, 3.05) is 26.2 Å². The molecule has 36 heavy (non-hydrogen) atoms. The third kappa shape index (κ3) is 4.50. The van der Waals surface area contributed by atoms with E-state index in [1.807, 2.05) is 32.9 Å². The Morgan fingerprint density at radius 3 is 2.58 bits per heavy atom. The first kappa shape index (κ1) is 26.8. The maximum Gasteiger partial charge on any atom is 0.313 e. The molecule has 1 spiro atoms. The number of halogens is 1. The van der Waals surface area contributed by atoms with E-state index in [0.29, 0.717) is 10.9 Å². The van der Waals surface area contributed by atoms with Gasteiger partial charge in [0.2, 0.25) is 17.7 Å². The number of carbonyl (C=O) groups excluding carboxylic acids is 4. The van der Waals surface area contributed by atoms with Crippen molar-refractivity contribution in [2.24, 2.45) is 11.8 Å². The second-order valence-corrected chi connectivity index (χ2v) is 11.7. The second-order valence-electron chi connectivity index (χ2n) is 10.8. The number of hydrogen-bond acceptors (Lipinski definition) is 7. The summed E-state index contributed by atoms with van der Waals surface area (Å²) in [6, 6.07) is -1.05. The first-order valence-corrected chi connectivity index (χ1v) is 13.1. The van der Waals surface area contributed by atoms with Crippen molar-refractivity contribution in [3.63, 3.8) is 0 Å². The number of rotatable bonds is 2. The van der Waals surface area contributed by atoms with Crippen LogP contribution in [0, 0.1) is 11.8 Å². The van der Waals surface area contributed by atoms with E-state index in [1.54, 1.807) is 17.9 Å². The number of carbonyl (C=O) groups is 4. The molecule has 6 atom stereocenters. The zero-order chi connectivity index (χ0) is 26.4. The predicted molar refractivity (Wildman–Crippen MR) is 133 cm³/mol. The molecule has 0 aromatic heterocycles. The summed E-state index contributed by atoms with van der Waals surface area (Å²) in [7, 11) is 0.